The fourth-order valence-corrected chi connectivity index (χ4v) is 3.12. The zero-order valence-electron chi connectivity index (χ0n) is 12.1. The average molecular weight is 396 g/mol. The standard InChI is InChI=1S/C13H15BrFNO5S/c1-6(2)11(13(18)19)16-12(17)8-4-7(14)5-9(10(8)15)22(3,20)21/h4-6,11H,1-3H3,(H,16,17)(H,18,19)/t11-/m0/s1. The molecule has 0 bridgehead atoms. The lowest BCUT2D eigenvalue weighted by Gasteiger charge is -2.18. The Morgan fingerprint density at radius 2 is 1.86 bits per heavy atom. The van der Waals surface area contributed by atoms with Gasteiger partial charge in [0, 0.05) is 10.7 Å². The molecule has 0 aliphatic rings. The van der Waals surface area contributed by atoms with Gasteiger partial charge in [-0.15, -0.1) is 0 Å². The molecule has 0 fully saturated rings. The number of nitrogens with one attached hydrogen (secondary N) is 1. The summed E-state index contributed by atoms with van der Waals surface area (Å²) in [5.74, 6) is -3.89. The highest BCUT2D eigenvalue weighted by Crippen LogP contribution is 2.24. The van der Waals surface area contributed by atoms with E-state index in [1.54, 1.807) is 13.8 Å². The molecule has 6 nitrogen and oxygen atoms in total. The Kier molecular flexibility index (Phi) is 5.69. The van der Waals surface area contributed by atoms with Crippen molar-refractivity contribution in [3.05, 3.63) is 28.0 Å². The van der Waals surface area contributed by atoms with Gasteiger partial charge in [0.1, 0.15) is 10.9 Å². The van der Waals surface area contributed by atoms with Crippen LogP contribution in [0, 0.1) is 11.7 Å². The maximum absolute atomic E-state index is 14.2. The molecule has 1 amide bonds. The minimum absolute atomic E-state index is 0.191. The van der Waals surface area contributed by atoms with Gasteiger partial charge in [-0.1, -0.05) is 29.8 Å². The van der Waals surface area contributed by atoms with Crippen LogP contribution in [0.1, 0.15) is 24.2 Å². The zero-order valence-corrected chi connectivity index (χ0v) is 14.5. The molecule has 9 heteroatoms. The van der Waals surface area contributed by atoms with E-state index < -0.39 is 49.9 Å². The summed E-state index contributed by atoms with van der Waals surface area (Å²) >= 11 is 3.00. The number of hydrogen-bond acceptors (Lipinski definition) is 4. The summed E-state index contributed by atoms with van der Waals surface area (Å²) < 4.78 is 37.5. The first kappa shape index (κ1) is 18.6. The van der Waals surface area contributed by atoms with E-state index in [0.29, 0.717) is 0 Å². The molecule has 0 aliphatic heterocycles. The van der Waals surface area contributed by atoms with Crippen molar-refractivity contribution in [1.82, 2.24) is 5.32 Å². The fourth-order valence-electron chi connectivity index (χ4n) is 1.73. The van der Waals surface area contributed by atoms with Gasteiger partial charge in [0.15, 0.2) is 15.7 Å². The van der Waals surface area contributed by atoms with E-state index >= 15 is 0 Å². The fraction of sp³-hybridized carbons (Fsp3) is 0.385. The third-order valence-corrected chi connectivity index (χ3v) is 4.42. The maximum atomic E-state index is 14.2. The van der Waals surface area contributed by atoms with E-state index in [-0.39, 0.29) is 4.47 Å². The summed E-state index contributed by atoms with van der Waals surface area (Å²) in [6, 6.07) is 0.921. The molecular weight excluding hydrogens is 381 g/mol. The van der Waals surface area contributed by atoms with E-state index in [4.69, 9.17) is 5.11 Å². The highest BCUT2D eigenvalue weighted by Gasteiger charge is 2.27. The molecule has 0 unspecified atom stereocenters. The van der Waals surface area contributed by atoms with E-state index in [1.165, 1.54) is 0 Å². The van der Waals surface area contributed by atoms with Crippen LogP contribution in [0.15, 0.2) is 21.5 Å². The Hall–Kier alpha value is -1.48. The Balaban J connectivity index is 3.30. The first-order chi connectivity index (χ1) is 9.95. The van der Waals surface area contributed by atoms with E-state index in [1.807, 2.05) is 0 Å². The molecule has 1 aromatic rings. The molecule has 0 heterocycles. The predicted molar refractivity (Wildman–Crippen MR) is 80.9 cm³/mol. The predicted octanol–water partition coefficient (Wildman–Crippen LogP) is 1.83. The zero-order chi connectivity index (χ0) is 17.2. The van der Waals surface area contributed by atoms with Crippen LogP contribution in [0.5, 0.6) is 0 Å². The number of rotatable bonds is 5. The number of aliphatic carboxylic acids is 1. The Morgan fingerprint density at radius 3 is 2.27 bits per heavy atom. The largest absolute Gasteiger partial charge is 0.480 e. The topological polar surface area (TPSA) is 101 Å². The quantitative estimate of drug-likeness (QED) is 0.791. The summed E-state index contributed by atoms with van der Waals surface area (Å²) in [4.78, 5) is 22.5. The molecule has 22 heavy (non-hydrogen) atoms. The summed E-state index contributed by atoms with van der Waals surface area (Å²) in [5, 5.41) is 11.2. The normalized spacial score (nSPS) is 13.0. The van der Waals surface area contributed by atoms with Crippen molar-refractivity contribution < 1.29 is 27.5 Å². The lowest BCUT2D eigenvalue weighted by molar-refractivity contribution is -0.140. The molecule has 0 saturated carbocycles. The third kappa shape index (κ3) is 4.26. The van der Waals surface area contributed by atoms with Crippen LogP contribution in [0.3, 0.4) is 0 Å². The van der Waals surface area contributed by atoms with Crippen molar-refractivity contribution in [1.29, 1.82) is 0 Å². The van der Waals surface area contributed by atoms with Crippen LogP contribution in [-0.2, 0) is 14.6 Å². The smallest absolute Gasteiger partial charge is 0.326 e. The van der Waals surface area contributed by atoms with Crippen molar-refractivity contribution in [3.63, 3.8) is 0 Å². The molecule has 1 rings (SSSR count). The average Bonchev–Trinajstić information content (AvgIpc) is 2.35. The lowest BCUT2D eigenvalue weighted by atomic mass is 10.0. The summed E-state index contributed by atoms with van der Waals surface area (Å²) in [6.45, 7) is 3.16. The van der Waals surface area contributed by atoms with Crippen LogP contribution >= 0.6 is 15.9 Å². The van der Waals surface area contributed by atoms with Gasteiger partial charge in [-0.3, -0.25) is 4.79 Å². The molecule has 2 N–H and O–H groups in total. The molecule has 1 aromatic carbocycles. The van der Waals surface area contributed by atoms with Crippen LogP contribution < -0.4 is 5.32 Å². The van der Waals surface area contributed by atoms with Crippen molar-refractivity contribution in [3.8, 4) is 0 Å². The summed E-state index contributed by atoms with van der Waals surface area (Å²) in [7, 11) is -3.87. The second-order valence-corrected chi connectivity index (χ2v) is 7.97. The van der Waals surface area contributed by atoms with Crippen molar-refractivity contribution in [2.75, 3.05) is 6.26 Å². The Morgan fingerprint density at radius 1 is 1.32 bits per heavy atom. The van der Waals surface area contributed by atoms with E-state index in [9.17, 15) is 22.4 Å². The molecule has 0 aromatic heterocycles. The van der Waals surface area contributed by atoms with Gasteiger partial charge in [-0.05, 0) is 18.1 Å². The van der Waals surface area contributed by atoms with Gasteiger partial charge >= 0.3 is 5.97 Å². The SMILES string of the molecule is CC(C)[C@H](NC(=O)c1cc(Br)cc(S(C)(=O)=O)c1F)C(=O)O. The van der Waals surface area contributed by atoms with Crippen molar-refractivity contribution >= 4 is 37.6 Å². The van der Waals surface area contributed by atoms with E-state index in [0.717, 1.165) is 18.4 Å². The van der Waals surface area contributed by atoms with Gasteiger partial charge < -0.3 is 10.4 Å². The number of sulfone groups is 1. The van der Waals surface area contributed by atoms with Gasteiger partial charge in [0.05, 0.1) is 5.56 Å². The molecule has 122 valence electrons. The van der Waals surface area contributed by atoms with Crippen LogP contribution in [0.4, 0.5) is 4.39 Å². The van der Waals surface area contributed by atoms with Gasteiger partial charge in [0.2, 0.25) is 0 Å². The number of amides is 1. The monoisotopic (exact) mass is 395 g/mol. The highest BCUT2D eigenvalue weighted by atomic mass is 79.9. The number of hydrogen-bond donors (Lipinski definition) is 2. The van der Waals surface area contributed by atoms with Crippen molar-refractivity contribution in [2.24, 2.45) is 5.92 Å². The number of carbonyl (C=O) groups excluding carboxylic acids is 1. The van der Waals surface area contributed by atoms with Crippen LogP contribution in [0.2, 0.25) is 0 Å². The number of benzene rings is 1. The lowest BCUT2D eigenvalue weighted by Crippen LogP contribution is -2.44. The molecule has 0 radical (unpaired) electrons. The highest BCUT2D eigenvalue weighted by molar-refractivity contribution is 9.10. The minimum Gasteiger partial charge on any atom is -0.480 e. The van der Waals surface area contributed by atoms with E-state index in [2.05, 4.69) is 21.2 Å². The second-order valence-electron chi connectivity index (χ2n) is 5.07. The summed E-state index contributed by atoms with van der Waals surface area (Å²) in [5.41, 5.74) is -0.540. The minimum atomic E-state index is -3.87. The first-order valence-electron chi connectivity index (χ1n) is 6.18. The van der Waals surface area contributed by atoms with Crippen molar-refractivity contribution in [2.45, 2.75) is 24.8 Å². The van der Waals surface area contributed by atoms with Crippen LogP contribution in [0.25, 0.3) is 0 Å². The van der Waals surface area contributed by atoms with Gasteiger partial charge in [0.25, 0.3) is 5.91 Å². The number of carboxylic acids is 1. The molecule has 1 atom stereocenters. The Bertz CT molecular complexity index is 717. The third-order valence-electron chi connectivity index (χ3n) is 2.87. The summed E-state index contributed by atoms with van der Waals surface area (Å²) in [6.07, 6.45) is 0.813. The van der Waals surface area contributed by atoms with Crippen LogP contribution in [-0.4, -0.2) is 37.7 Å². The Labute approximate surface area is 135 Å². The first-order valence-corrected chi connectivity index (χ1v) is 8.86. The molecule has 0 saturated heterocycles. The number of halogens is 2. The molecule has 0 aliphatic carbocycles. The number of carboxylic acid groups (broad SMARTS) is 1. The van der Waals surface area contributed by atoms with Gasteiger partial charge in [-0.2, -0.15) is 0 Å². The maximum Gasteiger partial charge on any atom is 0.326 e. The number of carbonyl (C=O) groups is 2. The second kappa shape index (κ2) is 6.74. The van der Waals surface area contributed by atoms with Gasteiger partial charge in [-0.25, -0.2) is 17.6 Å². The molecule has 0 spiro atoms. The molecular formula is C13H15BrFNO5S.